The number of nitrogens with one attached hydrogen (secondary N) is 2. The summed E-state index contributed by atoms with van der Waals surface area (Å²) >= 11 is 0. The molecular weight excluding hydrogens is 382 g/mol. The second-order valence-electron chi connectivity index (χ2n) is 7.78. The molecule has 2 N–H and O–H groups in total. The van der Waals surface area contributed by atoms with Gasteiger partial charge in [-0.25, -0.2) is 4.79 Å². The van der Waals surface area contributed by atoms with Gasteiger partial charge in [-0.05, 0) is 45.4 Å². The number of ether oxygens (including phenoxy) is 2. The minimum absolute atomic E-state index is 0.0379. The van der Waals surface area contributed by atoms with Crippen LogP contribution in [-0.4, -0.2) is 62.7 Å². The van der Waals surface area contributed by atoms with Gasteiger partial charge in [-0.3, -0.25) is 4.79 Å². The van der Waals surface area contributed by atoms with E-state index < -0.39 is 0 Å². The second-order valence-corrected chi connectivity index (χ2v) is 7.78. The monoisotopic (exact) mass is 414 g/mol. The molecule has 7 nitrogen and oxygen atoms in total. The van der Waals surface area contributed by atoms with Crippen LogP contribution in [0.5, 0.6) is 5.75 Å². The number of quaternary nitrogens is 1. The van der Waals surface area contributed by atoms with E-state index in [-0.39, 0.29) is 17.8 Å². The Bertz CT molecular complexity index is 913. The van der Waals surface area contributed by atoms with Crippen molar-refractivity contribution in [2.45, 2.75) is 33.7 Å². The number of hydrogen-bond donors (Lipinski definition) is 2. The van der Waals surface area contributed by atoms with Crippen LogP contribution in [0.1, 0.15) is 46.0 Å². The molecule has 1 fully saturated rings. The third kappa shape index (κ3) is 4.36. The van der Waals surface area contributed by atoms with Crippen LogP contribution < -0.4 is 14.5 Å². The molecule has 7 heteroatoms. The maximum absolute atomic E-state index is 13.2. The van der Waals surface area contributed by atoms with Crippen LogP contribution in [0.4, 0.5) is 5.69 Å². The van der Waals surface area contributed by atoms with E-state index in [1.165, 1.54) is 4.90 Å². The first-order valence-electron chi connectivity index (χ1n) is 10.5. The van der Waals surface area contributed by atoms with Crippen LogP contribution in [0, 0.1) is 13.8 Å². The molecule has 30 heavy (non-hydrogen) atoms. The molecule has 0 amide bonds. The minimum Gasteiger partial charge on any atom is -0.497 e. The molecule has 0 bridgehead atoms. The molecule has 0 saturated carbocycles. The lowest BCUT2D eigenvalue weighted by atomic mass is 10.0. The highest BCUT2D eigenvalue weighted by Gasteiger charge is 2.33. The lowest BCUT2D eigenvalue weighted by Gasteiger charge is -2.36. The summed E-state index contributed by atoms with van der Waals surface area (Å²) in [5.41, 5.74) is 3.50. The van der Waals surface area contributed by atoms with Gasteiger partial charge < -0.3 is 24.3 Å². The van der Waals surface area contributed by atoms with Crippen LogP contribution in [0.25, 0.3) is 0 Å². The third-order valence-corrected chi connectivity index (χ3v) is 5.99. The second kappa shape index (κ2) is 9.34. The molecule has 0 unspecified atom stereocenters. The van der Waals surface area contributed by atoms with Crippen LogP contribution >= 0.6 is 0 Å². The Morgan fingerprint density at radius 3 is 2.57 bits per heavy atom. The van der Waals surface area contributed by atoms with Crippen molar-refractivity contribution in [3.63, 3.8) is 0 Å². The van der Waals surface area contributed by atoms with Gasteiger partial charge in [0.05, 0.1) is 51.2 Å². The predicted octanol–water partition coefficient (Wildman–Crippen LogP) is 1.79. The van der Waals surface area contributed by atoms with Gasteiger partial charge in [0.2, 0.25) is 5.78 Å². The highest BCUT2D eigenvalue weighted by atomic mass is 16.5. The number of esters is 1. The number of nitrogens with zero attached hydrogens (tertiary/aromatic N) is 1. The number of aromatic amines is 1. The topological polar surface area (TPSA) is 76.1 Å². The number of ketones is 1. The molecule has 0 aliphatic carbocycles. The fourth-order valence-corrected chi connectivity index (χ4v) is 4.20. The molecule has 1 saturated heterocycles. The number of H-pyrrole nitrogens is 1. The summed E-state index contributed by atoms with van der Waals surface area (Å²) in [7, 11) is 1.67. The maximum atomic E-state index is 13.2. The number of aromatic nitrogens is 1. The highest BCUT2D eigenvalue weighted by molar-refractivity contribution is 6.03. The number of aryl methyl sites for hydroxylation is 1. The number of carbonyl (C=O) groups excluding carboxylic acids is 2. The van der Waals surface area contributed by atoms with Gasteiger partial charge in [0.1, 0.15) is 5.75 Å². The van der Waals surface area contributed by atoms with E-state index in [0.29, 0.717) is 29.1 Å². The highest BCUT2D eigenvalue weighted by Crippen LogP contribution is 2.22. The zero-order valence-corrected chi connectivity index (χ0v) is 18.5. The van der Waals surface area contributed by atoms with Crippen LogP contribution in [0.15, 0.2) is 24.3 Å². The van der Waals surface area contributed by atoms with Gasteiger partial charge in [-0.1, -0.05) is 6.07 Å². The van der Waals surface area contributed by atoms with E-state index in [1.807, 2.05) is 32.0 Å². The van der Waals surface area contributed by atoms with Crippen molar-refractivity contribution >= 4 is 17.4 Å². The smallest absolute Gasteiger partial charge is 0.340 e. The summed E-state index contributed by atoms with van der Waals surface area (Å²) in [6.07, 6.45) is 0. The van der Waals surface area contributed by atoms with Crippen LogP contribution in [0.3, 0.4) is 0 Å². The summed E-state index contributed by atoms with van der Waals surface area (Å²) in [5.74, 6) is 0.506. The molecule has 0 spiro atoms. The van der Waals surface area contributed by atoms with Crippen molar-refractivity contribution in [1.29, 1.82) is 0 Å². The van der Waals surface area contributed by atoms with Gasteiger partial charge in [0.15, 0.2) is 6.04 Å². The molecule has 0 radical (unpaired) electrons. The molecule has 162 valence electrons. The first-order valence-corrected chi connectivity index (χ1v) is 10.5. The third-order valence-electron chi connectivity index (χ3n) is 5.99. The number of Topliss-reactive ketones (excluding diaryl/α,β-unsaturated/α-hetero) is 1. The Kier molecular flexibility index (Phi) is 6.82. The number of rotatable bonds is 7. The van der Waals surface area contributed by atoms with Gasteiger partial charge in [-0.2, -0.15) is 0 Å². The van der Waals surface area contributed by atoms with E-state index in [1.54, 1.807) is 21.0 Å². The average molecular weight is 415 g/mol. The average Bonchev–Trinajstić information content (AvgIpc) is 3.07. The quantitative estimate of drug-likeness (QED) is 0.534. The summed E-state index contributed by atoms with van der Waals surface area (Å²) in [6.45, 7) is 11.2. The van der Waals surface area contributed by atoms with Gasteiger partial charge in [-0.15, -0.1) is 0 Å². The van der Waals surface area contributed by atoms with Gasteiger partial charge in [0.25, 0.3) is 0 Å². The minimum atomic E-state index is -0.380. The largest absolute Gasteiger partial charge is 0.497 e. The van der Waals surface area contributed by atoms with Gasteiger partial charge in [0, 0.05) is 17.4 Å². The summed E-state index contributed by atoms with van der Waals surface area (Å²) in [6, 6.07) is 7.88. The van der Waals surface area contributed by atoms with Crippen molar-refractivity contribution in [3.8, 4) is 5.75 Å². The van der Waals surface area contributed by atoms with Crippen LogP contribution in [-0.2, 0) is 4.74 Å². The van der Waals surface area contributed by atoms with E-state index in [4.69, 9.17) is 9.47 Å². The molecule has 2 heterocycles. The lowest BCUT2D eigenvalue weighted by molar-refractivity contribution is -0.914. The first-order chi connectivity index (χ1) is 14.4. The molecule has 1 aromatic heterocycles. The Hall–Kier alpha value is -2.80. The normalized spacial score (nSPS) is 15.7. The van der Waals surface area contributed by atoms with E-state index >= 15 is 0 Å². The predicted molar refractivity (Wildman–Crippen MR) is 116 cm³/mol. The first kappa shape index (κ1) is 21.9. The number of hydrogen-bond acceptors (Lipinski definition) is 5. The lowest BCUT2D eigenvalue weighted by Crippen LogP contribution is -3.18. The summed E-state index contributed by atoms with van der Waals surface area (Å²) < 4.78 is 10.5. The Labute approximate surface area is 178 Å². The standard InChI is InChI=1S/C23H31N3O4/c1-6-30-23(28)20-15(2)21(24-16(20)3)22(27)17(4)25-10-12-26(13-11-25)18-8-7-9-19(14-18)29-5/h7-9,14,17,24H,6,10-13H2,1-5H3/p+1/t17-/m1/s1. The molecule has 1 aliphatic rings. The molecular formula is C23H32N3O4+. The summed E-state index contributed by atoms with van der Waals surface area (Å²) in [4.78, 5) is 32.2. The number of anilines is 1. The molecule has 1 aliphatic heterocycles. The number of benzene rings is 1. The maximum Gasteiger partial charge on any atom is 0.340 e. The van der Waals surface area contributed by atoms with Crippen molar-refractivity contribution in [2.75, 3.05) is 44.8 Å². The molecule has 2 aromatic rings. The number of piperazine rings is 1. The van der Waals surface area contributed by atoms with Crippen molar-refractivity contribution in [1.82, 2.24) is 4.98 Å². The van der Waals surface area contributed by atoms with Crippen molar-refractivity contribution in [3.05, 3.63) is 46.8 Å². The molecule has 1 atom stereocenters. The van der Waals surface area contributed by atoms with Crippen molar-refractivity contribution < 1.29 is 24.0 Å². The fourth-order valence-electron chi connectivity index (χ4n) is 4.20. The van der Waals surface area contributed by atoms with Gasteiger partial charge >= 0.3 is 5.97 Å². The Balaban J connectivity index is 1.68. The summed E-state index contributed by atoms with van der Waals surface area (Å²) in [5, 5.41) is 0. The SMILES string of the molecule is CCOC(=O)c1c(C)[nH]c(C(=O)[C@@H](C)[NH+]2CCN(c3cccc(OC)c3)CC2)c1C. The van der Waals surface area contributed by atoms with Crippen LogP contribution in [0.2, 0.25) is 0 Å². The zero-order chi connectivity index (χ0) is 21.8. The zero-order valence-electron chi connectivity index (χ0n) is 18.5. The Morgan fingerprint density at radius 2 is 1.93 bits per heavy atom. The Morgan fingerprint density at radius 1 is 1.23 bits per heavy atom. The molecule has 1 aromatic carbocycles. The van der Waals surface area contributed by atoms with E-state index in [0.717, 1.165) is 37.6 Å². The fraction of sp³-hybridized carbons (Fsp3) is 0.478. The molecule has 3 rings (SSSR count). The number of methoxy groups -OCH3 is 1. The van der Waals surface area contributed by atoms with E-state index in [2.05, 4.69) is 16.0 Å². The number of carbonyl (C=O) groups is 2. The van der Waals surface area contributed by atoms with E-state index in [9.17, 15) is 9.59 Å². The van der Waals surface area contributed by atoms with Crippen molar-refractivity contribution in [2.24, 2.45) is 0 Å².